The summed E-state index contributed by atoms with van der Waals surface area (Å²) in [6, 6.07) is 0. The molecule has 0 atom stereocenters. The van der Waals surface area contributed by atoms with E-state index in [1.165, 1.54) is 0 Å². The monoisotopic (exact) mass is 173 g/mol. The third-order valence-corrected chi connectivity index (χ3v) is 1.18. The molecular formula is C7H15N3O2. The van der Waals surface area contributed by atoms with Crippen molar-refractivity contribution in [2.24, 2.45) is 10.7 Å². The van der Waals surface area contributed by atoms with Crippen molar-refractivity contribution in [3.8, 4) is 0 Å². The molecule has 0 unspecified atom stereocenters. The summed E-state index contributed by atoms with van der Waals surface area (Å²) < 4.78 is 0. The van der Waals surface area contributed by atoms with Gasteiger partial charge in [0.1, 0.15) is 0 Å². The van der Waals surface area contributed by atoms with Crippen LogP contribution in [0.3, 0.4) is 0 Å². The first-order chi connectivity index (χ1) is 5.66. The molecule has 5 heteroatoms. The van der Waals surface area contributed by atoms with E-state index >= 15 is 0 Å². The van der Waals surface area contributed by atoms with Crippen LogP contribution in [0.25, 0.3) is 0 Å². The van der Waals surface area contributed by atoms with Crippen LogP contribution in [0.4, 0.5) is 0 Å². The predicted molar refractivity (Wildman–Crippen MR) is 47.3 cm³/mol. The quantitative estimate of drug-likeness (QED) is 0.583. The van der Waals surface area contributed by atoms with Crippen LogP contribution in [0.2, 0.25) is 0 Å². The molecule has 1 rings (SSSR count). The molecule has 0 aromatic carbocycles. The molecule has 1 heterocycles. The summed E-state index contributed by atoms with van der Waals surface area (Å²) in [7, 11) is 0. The summed E-state index contributed by atoms with van der Waals surface area (Å²) in [6.45, 7) is 4.76. The van der Waals surface area contributed by atoms with Crippen molar-refractivity contribution in [3.63, 3.8) is 0 Å². The molecule has 0 saturated heterocycles. The number of nitrogens with zero attached hydrogens (tertiary/aromatic N) is 2. The molecule has 3 N–H and O–H groups in total. The lowest BCUT2D eigenvalue weighted by atomic mass is 10.5. The zero-order valence-electron chi connectivity index (χ0n) is 7.23. The molecule has 0 amide bonds. The maximum Gasteiger partial charge on any atom is 0.300 e. The van der Waals surface area contributed by atoms with Gasteiger partial charge in [-0.1, -0.05) is 0 Å². The summed E-state index contributed by atoms with van der Waals surface area (Å²) in [5.41, 5.74) is 5.30. The van der Waals surface area contributed by atoms with Gasteiger partial charge in [-0.15, -0.1) is 0 Å². The smallest absolute Gasteiger partial charge is 0.300 e. The Bertz CT molecular complexity index is 155. The Morgan fingerprint density at radius 2 is 2.42 bits per heavy atom. The number of aliphatic imine (C=N–C) groups is 1. The number of carboxylic acid groups (broad SMARTS) is 1. The fraction of sp³-hybridized carbons (Fsp3) is 0.714. The number of hydrogen-bond acceptors (Lipinski definition) is 4. The Morgan fingerprint density at radius 3 is 2.75 bits per heavy atom. The molecule has 0 bridgehead atoms. The zero-order valence-corrected chi connectivity index (χ0v) is 7.23. The molecule has 1 aliphatic heterocycles. The van der Waals surface area contributed by atoms with Crippen molar-refractivity contribution in [2.45, 2.75) is 6.92 Å². The maximum atomic E-state index is 9.00. The minimum Gasteiger partial charge on any atom is -0.481 e. The Morgan fingerprint density at radius 1 is 1.83 bits per heavy atom. The number of aliphatic carboxylic acids is 1. The average molecular weight is 173 g/mol. The fourth-order valence-electron chi connectivity index (χ4n) is 0.752. The van der Waals surface area contributed by atoms with E-state index in [-0.39, 0.29) is 0 Å². The molecule has 5 nitrogen and oxygen atoms in total. The van der Waals surface area contributed by atoms with E-state index in [1.807, 2.05) is 6.34 Å². The average Bonchev–Trinajstić information content (AvgIpc) is 2.39. The van der Waals surface area contributed by atoms with Crippen molar-refractivity contribution in [3.05, 3.63) is 0 Å². The molecule has 0 aliphatic carbocycles. The standard InChI is InChI=1S/C5H11N3.C2H4O2/c6-1-3-8-4-2-7-5-8;1-2(3)4/h5H,1-4,6H2;1H3,(H,3,4). The Hall–Kier alpha value is -1.10. The molecule has 0 aromatic heterocycles. The van der Waals surface area contributed by atoms with Gasteiger partial charge in [-0.3, -0.25) is 9.79 Å². The van der Waals surface area contributed by atoms with E-state index in [0.717, 1.165) is 33.1 Å². The first-order valence-electron chi connectivity index (χ1n) is 3.80. The number of rotatable bonds is 2. The topological polar surface area (TPSA) is 78.9 Å². The second-order valence-electron chi connectivity index (χ2n) is 2.37. The van der Waals surface area contributed by atoms with E-state index in [0.29, 0.717) is 0 Å². The van der Waals surface area contributed by atoms with Crippen molar-refractivity contribution in [2.75, 3.05) is 26.2 Å². The van der Waals surface area contributed by atoms with E-state index in [1.54, 1.807) is 0 Å². The fourth-order valence-corrected chi connectivity index (χ4v) is 0.752. The minimum absolute atomic E-state index is 0.728. The van der Waals surface area contributed by atoms with Crippen molar-refractivity contribution in [1.29, 1.82) is 0 Å². The van der Waals surface area contributed by atoms with Gasteiger partial charge in [0.15, 0.2) is 0 Å². The van der Waals surface area contributed by atoms with Crippen LogP contribution in [0.15, 0.2) is 4.99 Å². The largest absolute Gasteiger partial charge is 0.481 e. The molecule has 0 fully saturated rings. The number of carboxylic acids is 1. The van der Waals surface area contributed by atoms with Crippen LogP contribution >= 0.6 is 0 Å². The molecule has 12 heavy (non-hydrogen) atoms. The molecule has 0 saturated carbocycles. The third kappa shape index (κ3) is 7.01. The van der Waals surface area contributed by atoms with Gasteiger partial charge in [-0.05, 0) is 0 Å². The van der Waals surface area contributed by atoms with Crippen molar-refractivity contribution in [1.82, 2.24) is 4.90 Å². The summed E-state index contributed by atoms with van der Waals surface area (Å²) in [5.74, 6) is -0.833. The molecule has 0 spiro atoms. The highest BCUT2D eigenvalue weighted by atomic mass is 16.4. The second-order valence-corrected chi connectivity index (χ2v) is 2.37. The van der Waals surface area contributed by atoms with Crippen LogP contribution < -0.4 is 5.73 Å². The van der Waals surface area contributed by atoms with Gasteiger partial charge in [0.05, 0.1) is 12.9 Å². The van der Waals surface area contributed by atoms with Gasteiger partial charge in [-0.25, -0.2) is 0 Å². The number of carbonyl (C=O) groups is 1. The summed E-state index contributed by atoms with van der Waals surface area (Å²) in [4.78, 5) is 15.2. The maximum absolute atomic E-state index is 9.00. The lowest BCUT2D eigenvalue weighted by molar-refractivity contribution is -0.134. The van der Waals surface area contributed by atoms with E-state index in [2.05, 4.69) is 9.89 Å². The van der Waals surface area contributed by atoms with Gasteiger partial charge in [0.2, 0.25) is 0 Å². The highest BCUT2D eigenvalue weighted by Gasteiger charge is 2.01. The van der Waals surface area contributed by atoms with Gasteiger partial charge in [0.25, 0.3) is 5.97 Å². The zero-order chi connectivity index (χ0) is 9.40. The van der Waals surface area contributed by atoms with Gasteiger partial charge >= 0.3 is 0 Å². The summed E-state index contributed by atoms with van der Waals surface area (Å²) in [5, 5.41) is 7.42. The highest BCUT2D eigenvalue weighted by Crippen LogP contribution is 1.89. The van der Waals surface area contributed by atoms with Gasteiger partial charge in [0, 0.05) is 26.6 Å². The lowest BCUT2D eigenvalue weighted by Gasteiger charge is -2.09. The highest BCUT2D eigenvalue weighted by molar-refractivity contribution is 5.62. The van der Waals surface area contributed by atoms with Crippen LogP contribution in [0, 0.1) is 0 Å². The summed E-state index contributed by atoms with van der Waals surface area (Å²) >= 11 is 0. The van der Waals surface area contributed by atoms with Gasteiger partial charge < -0.3 is 15.7 Å². The minimum atomic E-state index is -0.833. The number of hydrogen-bond donors (Lipinski definition) is 2. The SMILES string of the molecule is CC(=O)O.NCCN1C=NCC1. The van der Waals surface area contributed by atoms with E-state index in [4.69, 9.17) is 15.6 Å². The van der Waals surface area contributed by atoms with E-state index < -0.39 is 5.97 Å². The van der Waals surface area contributed by atoms with Crippen molar-refractivity contribution >= 4 is 12.3 Å². The molecule has 1 aliphatic rings. The van der Waals surface area contributed by atoms with Crippen LogP contribution in [0.1, 0.15) is 6.92 Å². The number of nitrogens with two attached hydrogens (primary N) is 1. The van der Waals surface area contributed by atoms with Crippen LogP contribution in [-0.2, 0) is 4.79 Å². The first kappa shape index (κ1) is 10.9. The van der Waals surface area contributed by atoms with E-state index in [9.17, 15) is 0 Å². The third-order valence-electron chi connectivity index (χ3n) is 1.18. The lowest BCUT2D eigenvalue weighted by Crippen LogP contribution is -2.26. The molecule has 0 radical (unpaired) electrons. The molecular weight excluding hydrogens is 158 g/mol. The first-order valence-corrected chi connectivity index (χ1v) is 3.80. The van der Waals surface area contributed by atoms with Crippen LogP contribution in [0.5, 0.6) is 0 Å². The Kier molecular flexibility index (Phi) is 6.00. The molecule has 0 aromatic rings. The normalized spacial score (nSPS) is 14.0. The Balaban J connectivity index is 0.000000261. The molecule has 70 valence electrons. The van der Waals surface area contributed by atoms with Crippen molar-refractivity contribution < 1.29 is 9.90 Å². The Labute approximate surface area is 71.9 Å². The van der Waals surface area contributed by atoms with Crippen LogP contribution in [-0.4, -0.2) is 48.5 Å². The second kappa shape index (κ2) is 6.60. The van der Waals surface area contributed by atoms with Gasteiger partial charge in [-0.2, -0.15) is 0 Å². The summed E-state index contributed by atoms with van der Waals surface area (Å²) in [6.07, 6.45) is 1.87. The predicted octanol–water partition coefficient (Wildman–Crippen LogP) is -0.620.